The van der Waals surface area contributed by atoms with Crippen LogP contribution in [0.1, 0.15) is 75.9 Å². The number of methoxy groups -OCH3 is 2. The molecular formula is C42H54Cl2N8O8. The van der Waals surface area contributed by atoms with Crippen molar-refractivity contribution in [3.8, 4) is 11.5 Å². The number of amides is 4. The van der Waals surface area contributed by atoms with E-state index in [0.717, 1.165) is 50.4 Å². The van der Waals surface area contributed by atoms with E-state index in [2.05, 4.69) is 49.2 Å². The molecule has 16 nitrogen and oxygen atoms in total. The van der Waals surface area contributed by atoms with Gasteiger partial charge in [0, 0.05) is 56.9 Å². The topological polar surface area (TPSA) is 177 Å². The molecule has 0 unspecified atom stereocenters. The SMILES string of the molecule is C=CC(=O)Nc1cc(CN2CCN(CC)CC2)ccc1CC(C)(C)OC(=O)Nc1cc(N(C(=O)c2c(OC)c(Cl)c(NC(=O)OC(C)(C)C)c(Cl)c2OC)C2CC2)ncn1. The number of likely N-dealkylation sites (N-methyl/N-ethyl adjacent to an activating group) is 1. The number of nitrogens with zero attached hydrogens (tertiary/aromatic N) is 5. The first-order valence-electron chi connectivity index (χ1n) is 19.6. The quantitative estimate of drug-likeness (QED) is 0.127. The van der Waals surface area contributed by atoms with Crippen LogP contribution in [0.3, 0.4) is 0 Å². The standard InChI is InChI=1S/C42H54Cl2N8O8/c1-10-31(53)47-28-20-25(23-51-18-16-50(11-2)17-19-51)12-13-26(28)22-42(6,7)60-39(55)48-29-21-30(46-24-45-29)52(27-14-15-27)38(54)32-36(57-8)33(43)35(34(44)37(32)58-9)49-40(56)59-41(3,4)5/h10,12-13,20-21,24,27H,1,11,14-19,22-23H2,2-9H3,(H,47,53)(H,49,56)(H,45,46,48,55). The van der Waals surface area contributed by atoms with E-state index >= 15 is 0 Å². The second-order valence-electron chi connectivity index (χ2n) is 16.1. The molecule has 3 aromatic rings. The third-order valence-electron chi connectivity index (χ3n) is 9.72. The number of anilines is 4. The Morgan fingerprint density at radius 2 is 1.50 bits per heavy atom. The van der Waals surface area contributed by atoms with Gasteiger partial charge in [-0.3, -0.25) is 30.0 Å². The van der Waals surface area contributed by atoms with Crippen LogP contribution in [0, 0.1) is 0 Å². The molecule has 1 saturated heterocycles. The molecule has 2 fully saturated rings. The van der Waals surface area contributed by atoms with Gasteiger partial charge >= 0.3 is 12.2 Å². The van der Waals surface area contributed by atoms with E-state index in [1.165, 1.54) is 37.6 Å². The molecule has 4 amide bonds. The number of carbonyl (C=O) groups excluding carboxylic acids is 4. The molecular weight excluding hydrogens is 815 g/mol. The summed E-state index contributed by atoms with van der Waals surface area (Å²) in [6, 6.07) is 7.09. The molecule has 5 rings (SSSR count). The van der Waals surface area contributed by atoms with Crippen molar-refractivity contribution in [1.82, 2.24) is 19.8 Å². The number of hydrogen-bond acceptors (Lipinski definition) is 12. The number of carbonyl (C=O) groups is 4. The number of benzene rings is 2. The highest BCUT2D eigenvalue weighted by Gasteiger charge is 2.40. The largest absolute Gasteiger partial charge is 0.494 e. The van der Waals surface area contributed by atoms with E-state index < -0.39 is 29.3 Å². The van der Waals surface area contributed by atoms with Crippen LogP contribution in [0.2, 0.25) is 10.0 Å². The number of nitrogens with one attached hydrogen (secondary N) is 3. The fourth-order valence-corrected chi connectivity index (χ4v) is 7.45. The smallest absolute Gasteiger partial charge is 0.413 e. The van der Waals surface area contributed by atoms with Crippen LogP contribution in [0.25, 0.3) is 0 Å². The molecule has 0 spiro atoms. The predicted octanol–water partition coefficient (Wildman–Crippen LogP) is 7.79. The Balaban J connectivity index is 1.33. The highest BCUT2D eigenvalue weighted by atomic mass is 35.5. The maximum atomic E-state index is 14.5. The van der Waals surface area contributed by atoms with Crippen molar-refractivity contribution in [2.45, 2.75) is 84.6 Å². The summed E-state index contributed by atoms with van der Waals surface area (Å²) in [6.45, 7) is 20.1. The summed E-state index contributed by atoms with van der Waals surface area (Å²) in [5.41, 5.74) is 0.380. The van der Waals surface area contributed by atoms with Gasteiger partial charge < -0.3 is 29.2 Å². The summed E-state index contributed by atoms with van der Waals surface area (Å²) in [4.78, 5) is 67.8. The maximum absolute atomic E-state index is 14.5. The minimum atomic E-state index is -1.04. The monoisotopic (exact) mass is 868 g/mol. The zero-order chi connectivity index (χ0) is 43.9. The lowest BCUT2D eigenvalue weighted by Crippen LogP contribution is -2.45. The van der Waals surface area contributed by atoms with Crippen LogP contribution in [0.15, 0.2) is 43.2 Å². The van der Waals surface area contributed by atoms with Gasteiger partial charge in [0.25, 0.3) is 5.91 Å². The molecule has 3 N–H and O–H groups in total. The van der Waals surface area contributed by atoms with Crippen molar-refractivity contribution >= 4 is 70.2 Å². The van der Waals surface area contributed by atoms with Gasteiger partial charge in [-0.15, -0.1) is 0 Å². The average Bonchev–Trinajstić information content (AvgIpc) is 4.02. The van der Waals surface area contributed by atoms with Crippen LogP contribution < -0.4 is 30.3 Å². The van der Waals surface area contributed by atoms with E-state index in [4.69, 9.17) is 42.1 Å². The molecule has 1 saturated carbocycles. The lowest BCUT2D eigenvalue weighted by molar-refractivity contribution is -0.111. The summed E-state index contributed by atoms with van der Waals surface area (Å²) in [7, 11) is 2.63. The first-order chi connectivity index (χ1) is 28.4. The molecule has 0 radical (unpaired) electrons. The highest BCUT2D eigenvalue weighted by molar-refractivity contribution is 6.43. The Morgan fingerprint density at radius 1 is 0.883 bits per heavy atom. The molecule has 60 heavy (non-hydrogen) atoms. The third-order valence-corrected chi connectivity index (χ3v) is 10.4. The molecule has 18 heteroatoms. The summed E-state index contributed by atoms with van der Waals surface area (Å²) < 4.78 is 22.5. The number of rotatable bonds is 15. The second kappa shape index (κ2) is 19.5. The summed E-state index contributed by atoms with van der Waals surface area (Å²) in [5, 5.41) is 7.79. The fourth-order valence-electron chi connectivity index (χ4n) is 6.77. The van der Waals surface area contributed by atoms with Gasteiger partial charge in [-0.2, -0.15) is 0 Å². The Bertz CT molecular complexity index is 2070. The number of hydrogen-bond donors (Lipinski definition) is 3. The molecule has 0 bridgehead atoms. The molecule has 2 aromatic carbocycles. The van der Waals surface area contributed by atoms with Crippen molar-refractivity contribution in [2.24, 2.45) is 0 Å². The lowest BCUT2D eigenvalue weighted by Gasteiger charge is -2.34. The van der Waals surface area contributed by atoms with Gasteiger partial charge in [0.05, 0.1) is 19.9 Å². The minimum absolute atomic E-state index is 0.0641. The molecule has 2 heterocycles. The predicted molar refractivity (Wildman–Crippen MR) is 232 cm³/mol. The Kier molecular flexibility index (Phi) is 14.9. The zero-order valence-electron chi connectivity index (χ0n) is 35.4. The first kappa shape index (κ1) is 45.9. The van der Waals surface area contributed by atoms with Gasteiger partial charge in [-0.05, 0) is 77.3 Å². The van der Waals surface area contributed by atoms with Crippen LogP contribution in [-0.4, -0.2) is 108 Å². The number of halogens is 2. The normalized spacial score (nSPS) is 14.8. The molecule has 324 valence electrons. The average molecular weight is 870 g/mol. The number of ether oxygens (including phenoxy) is 4. The van der Waals surface area contributed by atoms with E-state index in [9.17, 15) is 19.2 Å². The van der Waals surface area contributed by atoms with Crippen LogP contribution >= 0.6 is 23.2 Å². The van der Waals surface area contributed by atoms with Gasteiger partial charge in [0.1, 0.15) is 44.8 Å². The second-order valence-corrected chi connectivity index (χ2v) is 16.8. The highest BCUT2D eigenvalue weighted by Crippen LogP contribution is 2.49. The van der Waals surface area contributed by atoms with Crippen molar-refractivity contribution in [2.75, 3.05) is 67.8 Å². The van der Waals surface area contributed by atoms with Crippen molar-refractivity contribution in [1.29, 1.82) is 0 Å². The maximum Gasteiger partial charge on any atom is 0.413 e. The van der Waals surface area contributed by atoms with E-state index in [1.54, 1.807) is 34.6 Å². The lowest BCUT2D eigenvalue weighted by atomic mass is 9.95. The van der Waals surface area contributed by atoms with E-state index in [-0.39, 0.29) is 62.8 Å². The molecule has 1 aliphatic heterocycles. The van der Waals surface area contributed by atoms with Gasteiger partial charge in [-0.1, -0.05) is 48.8 Å². The Hall–Kier alpha value is -5.16. The summed E-state index contributed by atoms with van der Waals surface area (Å²) in [6.07, 6.45) is 2.37. The molecule has 1 aliphatic carbocycles. The minimum Gasteiger partial charge on any atom is -0.494 e. The molecule has 2 aliphatic rings. The van der Waals surface area contributed by atoms with Gasteiger partial charge in [0.2, 0.25) is 5.91 Å². The van der Waals surface area contributed by atoms with Crippen LogP contribution in [0.5, 0.6) is 11.5 Å². The zero-order valence-corrected chi connectivity index (χ0v) is 36.9. The Morgan fingerprint density at radius 3 is 2.07 bits per heavy atom. The van der Waals surface area contributed by atoms with E-state index in [0.29, 0.717) is 18.5 Å². The van der Waals surface area contributed by atoms with Crippen molar-refractivity contribution < 1.29 is 38.1 Å². The number of piperazine rings is 1. The van der Waals surface area contributed by atoms with Crippen LogP contribution in [-0.2, 0) is 27.2 Å². The van der Waals surface area contributed by atoms with E-state index in [1.807, 2.05) is 18.2 Å². The van der Waals surface area contributed by atoms with Crippen LogP contribution in [0.4, 0.5) is 32.6 Å². The third kappa shape index (κ3) is 11.8. The van der Waals surface area contributed by atoms with Crippen molar-refractivity contribution in [3.05, 3.63) is 70.0 Å². The summed E-state index contributed by atoms with van der Waals surface area (Å²) >= 11 is 13.4. The molecule has 1 aromatic heterocycles. The Labute approximate surface area is 360 Å². The van der Waals surface area contributed by atoms with Gasteiger partial charge in [-0.25, -0.2) is 19.6 Å². The van der Waals surface area contributed by atoms with Crippen molar-refractivity contribution in [3.63, 3.8) is 0 Å². The first-order valence-corrected chi connectivity index (χ1v) is 20.4. The van der Waals surface area contributed by atoms with Gasteiger partial charge in [0.15, 0.2) is 11.5 Å². The molecule has 0 atom stereocenters. The fraction of sp³-hybridized carbons (Fsp3) is 0.476. The summed E-state index contributed by atoms with van der Waals surface area (Å²) in [5.74, 6) is -0.953. The number of aromatic nitrogens is 2.